The predicted molar refractivity (Wildman–Crippen MR) is 119 cm³/mol. The number of carboxylic acid groups (broad SMARTS) is 1. The van der Waals surface area contributed by atoms with E-state index in [2.05, 4.69) is 18.8 Å². The Kier molecular flexibility index (Phi) is 12.4. The molecule has 0 radical (unpaired) electrons. The van der Waals surface area contributed by atoms with Gasteiger partial charge in [0.15, 0.2) is 0 Å². The van der Waals surface area contributed by atoms with Crippen LogP contribution >= 0.6 is 0 Å². The fourth-order valence-corrected chi connectivity index (χ4v) is 3.64. The van der Waals surface area contributed by atoms with Gasteiger partial charge in [-0.05, 0) is 64.7 Å². The van der Waals surface area contributed by atoms with Crippen molar-refractivity contribution in [1.82, 2.24) is 10.2 Å². The van der Waals surface area contributed by atoms with E-state index in [4.69, 9.17) is 4.74 Å². The van der Waals surface area contributed by atoms with Crippen LogP contribution in [-0.4, -0.2) is 52.2 Å². The van der Waals surface area contributed by atoms with Crippen LogP contribution < -0.4 is 5.32 Å². The lowest BCUT2D eigenvalue weighted by atomic mass is 9.88. The lowest BCUT2D eigenvalue weighted by Crippen LogP contribution is -2.55. The van der Waals surface area contributed by atoms with Crippen molar-refractivity contribution in [2.45, 2.75) is 98.3 Å². The highest BCUT2D eigenvalue weighted by atomic mass is 16.6. The monoisotopic (exact) mass is 426 g/mol. The minimum atomic E-state index is -1.01. The number of alkyl carbamates (subject to hydrolysis) is 1. The molecule has 4 unspecified atom stereocenters. The molecule has 30 heavy (non-hydrogen) atoms. The standard InChI is InChI=1S/C21H36N2O5.C2H6/c1-7-8-10-14(2)13-15(3)17(22-20(27)28-21(4,5)6)18(24)23-12-9-11-16(23)19(25)26;1-2/h7,14-17H,1,8-13H2,2-6H3,(H,22,27)(H,25,26);1-2H3. The zero-order chi connectivity index (χ0) is 23.5. The number of ether oxygens (including phenoxy) is 1. The van der Waals surface area contributed by atoms with Crippen LogP contribution in [-0.2, 0) is 14.3 Å². The van der Waals surface area contributed by atoms with E-state index < -0.39 is 29.7 Å². The Balaban J connectivity index is 0.00000407. The van der Waals surface area contributed by atoms with Crippen molar-refractivity contribution in [1.29, 1.82) is 0 Å². The molecule has 0 aromatic rings. The molecule has 1 rings (SSSR count). The Bertz CT molecular complexity index is 570. The third kappa shape index (κ3) is 9.63. The Morgan fingerprint density at radius 1 is 1.27 bits per heavy atom. The smallest absolute Gasteiger partial charge is 0.408 e. The summed E-state index contributed by atoms with van der Waals surface area (Å²) in [5.41, 5.74) is -0.685. The second-order valence-electron chi connectivity index (χ2n) is 8.84. The second kappa shape index (κ2) is 13.3. The third-order valence-corrected chi connectivity index (χ3v) is 4.97. The zero-order valence-corrected chi connectivity index (χ0v) is 19.9. The van der Waals surface area contributed by atoms with Crippen LogP contribution in [0.2, 0.25) is 0 Å². The fraction of sp³-hybridized carbons (Fsp3) is 0.783. The summed E-state index contributed by atoms with van der Waals surface area (Å²) in [4.78, 5) is 38.4. The van der Waals surface area contributed by atoms with Crippen molar-refractivity contribution < 1.29 is 24.2 Å². The summed E-state index contributed by atoms with van der Waals surface area (Å²) in [5.74, 6) is -1.17. The van der Waals surface area contributed by atoms with Crippen LogP contribution in [0.5, 0.6) is 0 Å². The molecular weight excluding hydrogens is 384 g/mol. The molecule has 174 valence electrons. The predicted octanol–water partition coefficient (Wildman–Crippen LogP) is 4.61. The highest BCUT2D eigenvalue weighted by molar-refractivity contribution is 5.90. The molecule has 4 atom stereocenters. The number of allylic oxidation sites excluding steroid dienone is 1. The molecule has 0 bridgehead atoms. The zero-order valence-electron chi connectivity index (χ0n) is 19.9. The first-order chi connectivity index (χ1) is 14.0. The number of carbonyl (C=O) groups is 3. The van der Waals surface area contributed by atoms with E-state index in [1.54, 1.807) is 20.8 Å². The number of nitrogens with zero attached hydrogens (tertiary/aromatic N) is 1. The van der Waals surface area contributed by atoms with E-state index in [0.29, 0.717) is 25.3 Å². The summed E-state index contributed by atoms with van der Waals surface area (Å²) in [5, 5.41) is 12.1. The van der Waals surface area contributed by atoms with Gasteiger partial charge >= 0.3 is 12.1 Å². The number of carbonyl (C=O) groups excluding carboxylic acids is 2. The maximum atomic E-state index is 13.2. The van der Waals surface area contributed by atoms with Crippen LogP contribution in [0.3, 0.4) is 0 Å². The average Bonchev–Trinajstić information content (AvgIpc) is 3.14. The molecule has 1 saturated heterocycles. The van der Waals surface area contributed by atoms with Gasteiger partial charge in [0.25, 0.3) is 0 Å². The van der Waals surface area contributed by atoms with Gasteiger partial charge in [-0.25, -0.2) is 9.59 Å². The molecule has 0 aliphatic carbocycles. The van der Waals surface area contributed by atoms with Crippen molar-refractivity contribution in [3.05, 3.63) is 12.7 Å². The van der Waals surface area contributed by atoms with Crippen LogP contribution in [0, 0.1) is 11.8 Å². The highest BCUT2D eigenvalue weighted by Crippen LogP contribution is 2.25. The van der Waals surface area contributed by atoms with E-state index in [1.807, 2.05) is 26.8 Å². The third-order valence-electron chi connectivity index (χ3n) is 4.97. The summed E-state index contributed by atoms with van der Waals surface area (Å²) in [6.07, 6.45) is 4.84. The van der Waals surface area contributed by atoms with Gasteiger partial charge in [-0.1, -0.05) is 33.8 Å². The van der Waals surface area contributed by atoms with E-state index in [0.717, 1.165) is 19.3 Å². The van der Waals surface area contributed by atoms with Crippen LogP contribution in [0.15, 0.2) is 12.7 Å². The Hall–Kier alpha value is -2.05. The summed E-state index contributed by atoms with van der Waals surface area (Å²) in [6, 6.07) is -1.65. The largest absolute Gasteiger partial charge is 0.480 e. The molecule has 1 fully saturated rings. The van der Waals surface area contributed by atoms with E-state index >= 15 is 0 Å². The molecule has 0 saturated carbocycles. The minimum Gasteiger partial charge on any atom is -0.480 e. The van der Waals surface area contributed by atoms with E-state index in [1.165, 1.54) is 4.90 Å². The van der Waals surface area contributed by atoms with Crippen molar-refractivity contribution in [2.24, 2.45) is 11.8 Å². The first-order valence-electron chi connectivity index (χ1n) is 11.1. The summed E-state index contributed by atoms with van der Waals surface area (Å²) in [7, 11) is 0. The Labute approximate surface area is 182 Å². The highest BCUT2D eigenvalue weighted by Gasteiger charge is 2.40. The van der Waals surface area contributed by atoms with Gasteiger partial charge in [-0.2, -0.15) is 0 Å². The molecule has 0 aromatic carbocycles. The van der Waals surface area contributed by atoms with Crippen molar-refractivity contribution >= 4 is 18.0 Å². The minimum absolute atomic E-state index is 0.158. The van der Waals surface area contributed by atoms with Gasteiger partial charge in [0, 0.05) is 6.54 Å². The number of aliphatic carboxylic acids is 1. The molecule has 1 aliphatic heterocycles. The van der Waals surface area contributed by atoms with Gasteiger partial charge in [0.2, 0.25) is 5.91 Å². The molecule has 1 aliphatic rings. The summed E-state index contributed by atoms with van der Waals surface area (Å²) in [6.45, 7) is 17.4. The maximum Gasteiger partial charge on any atom is 0.408 e. The van der Waals surface area contributed by atoms with E-state index in [-0.39, 0.29) is 11.8 Å². The van der Waals surface area contributed by atoms with Crippen molar-refractivity contribution in [3.63, 3.8) is 0 Å². The lowest BCUT2D eigenvalue weighted by Gasteiger charge is -2.32. The average molecular weight is 427 g/mol. The van der Waals surface area contributed by atoms with Gasteiger partial charge < -0.3 is 20.1 Å². The number of likely N-dealkylation sites (tertiary alicyclic amines) is 1. The number of hydrogen-bond donors (Lipinski definition) is 2. The maximum absolute atomic E-state index is 13.2. The summed E-state index contributed by atoms with van der Waals surface area (Å²) < 4.78 is 5.32. The Morgan fingerprint density at radius 2 is 1.87 bits per heavy atom. The van der Waals surface area contributed by atoms with Gasteiger partial charge in [-0.15, -0.1) is 6.58 Å². The number of carboxylic acids is 1. The molecule has 7 heteroatoms. The molecule has 0 aromatic heterocycles. The molecule has 2 N–H and O–H groups in total. The lowest BCUT2D eigenvalue weighted by molar-refractivity contribution is -0.149. The number of rotatable bonds is 9. The van der Waals surface area contributed by atoms with E-state index in [9.17, 15) is 19.5 Å². The Morgan fingerprint density at radius 3 is 2.37 bits per heavy atom. The summed E-state index contributed by atoms with van der Waals surface area (Å²) >= 11 is 0. The normalized spacial score (nSPS) is 19.0. The van der Waals surface area contributed by atoms with Crippen LogP contribution in [0.4, 0.5) is 4.79 Å². The van der Waals surface area contributed by atoms with Gasteiger partial charge in [-0.3, -0.25) is 4.79 Å². The topological polar surface area (TPSA) is 95.9 Å². The second-order valence-corrected chi connectivity index (χ2v) is 8.84. The van der Waals surface area contributed by atoms with Gasteiger partial charge in [0.1, 0.15) is 17.7 Å². The van der Waals surface area contributed by atoms with Crippen molar-refractivity contribution in [2.75, 3.05) is 6.54 Å². The number of amides is 2. The molecular formula is C23H42N2O5. The van der Waals surface area contributed by atoms with Gasteiger partial charge in [0.05, 0.1) is 0 Å². The van der Waals surface area contributed by atoms with Crippen LogP contribution in [0.1, 0.15) is 80.6 Å². The van der Waals surface area contributed by atoms with Crippen LogP contribution in [0.25, 0.3) is 0 Å². The first-order valence-corrected chi connectivity index (χ1v) is 11.1. The molecule has 7 nitrogen and oxygen atoms in total. The first kappa shape index (κ1) is 27.9. The molecule has 1 heterocycles. The fourth-order valence-electron chi connectivity index (χ4n) is 3.64. The number of nitrogens with one attached hydrogen (secondary N) is 1. The quantitative estimate of drug-likeness (QED) is 0.525. The SMILES string of the molecule is C=CCCC(C)CC(C)C(NC(=O)OC(C)(C)C)C(=O)N1CCCC1C(=O)O.CC. The van der Waals surface area contributed by atoms with Crippen molar-refractivity contribution in [3.8, 4) is 0 Å². The molecule has 2 amide bonds. The number of hydrogen-bond acceptors (Lipinski definition) is 4. The molecule has 0 spiro atoms.